The Morgan fingerprint density at radius 2 is 2.39 bits per heavy atom. The second-order valence-electron chi connectivity index (χ2n) is 7.75. The average molecular weight is 318 g/mol. The standard InChI is InChI=1S/C18H27N3O2/c1-11(2)16-12-4-5-18(16,3)13(6-12)8-19-10-21-14-7-15(17(22)23)20-9-14/h7-9,11-13,16,20-21H,4-6,10H2,1-3H3,(H,22,23)/p+1/b19-8+/t12-,13?,16?,18+/m1/s1. The van der Waals surface area contributed by atoms with Crippen LogP contribution in [-0.2, 0) is 0 Å². The fraction of sp³-hybridized carbons (Fsp3) is 0.667. The van der Waals surface area contributed by atoms with Gasteiger partial charge in [-0.15, -0.1) is 0 Å². The SMILES string of the molecule is CC(C)C1[C@@H]2CC[C@@]1(C)C(/C=[NH+]/CNc1c[nH]c(C(=O)O)c1)C2. The summed E-state index contributed by atoms with van der Waals surface area (Å²) < 4.78 is 0. The molecule has 0 radical (unpaired) electrons. The quantitative estimate of drug-likeness (QED) is 0.478. The molecule has 2 fully saturated rings. The summed E-state index contributed by atoms with van der Waals surface area (Å²) in [7, 11) is 0. The average Bonchev–Trinajstić information content (AvgIpc) is 3.13. The molecule has 1 aromatic heterocycles. The molecule has 2 unspecified atom stereocenters. The minimum Gasteiger partial charge on any atom is -0.477 e. The molecule has 0 saturated heterocycles. The Morgan fingerprint density at radius 3 is 3.00 bits per heavy atom. The lowest BCUT2D eigenvalue weighted by Crippen LogP contribution is -2.72. The van der Waals surface area contributed by atoms with Gasteiger partial charge in [0.25, 0.3) is 0 Å². The van der Waals surface area contributed by atoms with Crippen molar-refractivity contribution in [1.29, 1.82) is 0 Å². The first-order valence-corrected chi connectivity index (χ1v) is 8.64. The van der Waals surface area contributed by atoms with Crippen molar-refractivity contribution in [2.24, 2.45) is 29.1 Å². The van der Waals surface area contributed by atoms with Gasteiger partial charge in [0.1, 0.15) is 11.9 Å². The van der Waals surface area contributed by atoms with Crippen LogP contribution in [-0.4, -0.2) is 28.9 Å². The molecule has 1 aromatic rings. The molecule has 5 nitrogen and oxygen atoms in total. The molecule has 2 aliphatic carbocycles. The van der Waals surface area contributed by atoms with E-state index in [0.717, 1.165) is 23.4 Å². The van der Waals surface area contributed by atoms with Gasteiger partial charge in [-0.05, 0) is 48.5 Å². The number of carbonyl (C=O) groups is 1. The molecule has 4 atom stereocenters. The normalized spacial score (nSPS) is 33.0. The van der Waals surface area contributed by atoms with E-state index in [1.807, 2.05) is 0 Å². The molecule has 5 heteroatoms. The molecular weight excluding hydrogens is 290 g/mol. The highest BCUT2D eigenvalue weighted by atomic mass is 16.4. The Hall–Kier alpha value is -1.78. The van der Waals surface area contributed by atoms with Crippen molar-refractivity contribution in [3.8, 4) is 0 Å². The summed E-state index contributed by atoms with van der Waals surface area (Å²) in [6, 6.07) is 1.61. The molecule has 23 heavy (non-hydrogen) atoms. The third-order valence-corrected chi connectivity index (χ3v) is 6.07. The van der Waals surface area contributed by atoms with Crippen LogP contribution < -0.4 is 10.3 Å². The third kappa shape index (κ3) is 2.89. The lowest BCUT2D eigenvalue weighted by Gasteiger charge is -2.33. The van der Waals surface area contributed by atoms with E-state index in [-0.39, 0.29) is 5.69 Å². The highest BCUT2D eigenvalue weighted by Gasteiger charge is 2.57. The Morgan fingerprint density at radius 1 is 1.61 bits per heavy atom. The molecule has 2 bridgehead atoms. The first kappa shape index (κ1) is 16.1. The van der Waals surface area contributed by atoms with Crippen LogP contribution in [0, 0.1) is 29.1 Å². The molecular formula is C18H28N3O2+. The van der Waals surface area contributed by atoms with E-state index in [4.69, 9.17) is 5.11 Å². The maximum absolute atomic E-state index is 10.8. The second kappa shape index (κ2) is 6.02. The van der Waals surface area contributed by atoms with E-state index in [9.17, 15) is 4.79 Å². The summed E-state index contributed by atoms with van der Waals surface area (Å²) in [6.07, 6.45) is 7.99. The molecule has 0 spiro atoms. The van der Waals surface area contributed by atoms with Gasteiger partial charge < -0.3 is 15.4 Å². The number of hydrogen-bond acceptors (Lipinski definition) is 2. The second-order valence-corrected chi connectivity index (χ2v) is 7.75. The number of rotatable bonds is 6. The van der Waals surface area contributed by atoms with Crippen LogP contribution in [0.3, 0.4) is 0 Å². The molecule has 1 heterocycles. The minimum absolute atomic E-state index is 0.205. The Kier molecular flexibility index (Phi) is 4.21. The van der Waals surface area contributed by atoms with E-state index in [2.05, 4.69) is 42.3 Å². The van der Waals surface area contributed by atoms with Crippen LogP contribution in [0.1, 0.15) is 50.5 Å². The fourth-order valence-corrected chi connectivity index (χ4v) is 5.21. The van der Waals surface area contributed by atoms with Crippen LogP contribution in [0.25, 0.3) is 0 Å². The van der Waals surface area contributed by atoms with Crippen LogP contribution in [0.15, 0.2) is 12.3 Å². The van der Waals surface area contributed by atoms with Crippen molar-refractivity contribution in [2.75, 3.05) is 12.0 Å². The van der Waals surface area contributed by atoms with Crippen molar-refractivity contribution >= 4 is 17.9 Å². The molecule has 2 aliphatic rings. The Bertz CT molecular complexity index is 607. The monoisotopic (exact) mass is 318 g/mol. The maximum atomic E-state index is 10.8. The number of hydrogen-bond donors (Lipinski definition) is 4. The molecule has 0 aromatic carbocycles. The van der Waals surface area contributed by atoms with E-state index in [1.165, 1.54) is 19.3 Å². The van der Waals surface area contributed by atoms with E-state index >= 15 is 0 Å². The van der Waals surface area contributed by atoms with Crippen LogP contribution in [0.4, 0.5) is 5.69 Å². The number of aromatic amines is 1. The number of carboxylic acids is 1. The predicted molar refractivity (Wildman–Crippen MR) is 90.5 cm³/mol. The number of carboxylic acid groups (broad SMARTS) is 1. The first-order chi connectivity index (χ1) is 10.9. The molecule has 0 amide bonds. The summed E-state index contributed by atoms with van der Waals surface area (Å²) in [5.74, 6) is 2.20. The van der Waals surface area contributed by atoms with Gasteiger partial charge in [-0.1, -0.05) is 20.8 Å². The zero-order valence-electron chi connectivity index (χ0n) is 14.2. The molecule has 0 aliphatic heterocycles. The smallest absolute Gasteiger partial charge is 0.352 e. The van der Waals surface area contributed by atoms with Crippen LogP contribution >= 0.6 is 0 Å². The van der Waals surface area contributed by atoms with Crippen molar-refractivity contribution in [2.45, 2.75) is 40.0 Å². The van der Waals surface area contributed by atoms with Crippen LogP contribution in [0.2, 0.25) is 0 Å². The van der Waals surface area contributed by atoms with Gasteiger partial charge in [-0.2, -0.15) is 0 Å². The number of aromatic nitrogens is 1. The first-order valence-electron chi connectivity index (χ1n) is 8.64. The molecule has 2 saturated carbocycles. The van der Waals surface area contributed by atoms with Crippen molar-refractivity contribution in [3.63, 3.8) is 0 Å². The van der Waals surface area contributed by atoms with Crippen molar-refractivity contribution in [1.82, 2.24) is 4.98 Å². The van der Waals surface area contributed by atoms with Gasteiger partial charge in [0, 0.05) is 12.1 Å². The van der Waals surface area contributed by atoms with Crippen molar-refractivity contribution in [3.05, 3.63) is 18.0 Å². The number of H-pyrrole nitrogens is 1. The van der Waals surface area contributed by atoms with Gasteiger partial charge in [0.2, 0.25) is 6.67 Å². The fourth-order valence-electron chi connectivity index (χ4n) is 5.21. The minimum atomic E-state index is -0.938. The summed E-state index contributed by atoms with van der Waals surface area (Å²) in [4.78, 5) is 17.0. The molecule has 4 N–H and O–H groups in total. The summed E-state index contributed by atoms with van der Waals surface area (Å²) in [6.45, 7) is 7.81. The van der Waals surface area contributed by atoms with Gasteiger partial charge in [-0.3, -0.25) is 0 Å². The highest BCUT2D eigenvalue weighted by Crippen LogP contribution is 2.62. The van der Waals surface area contributed by atoms with Gasteiger partial charge in [0.15, 0.2) is 0 Å². The zero-order chi connectivity index (χ0) is 16.6. The van der Waals surface area contributed by atoms with Gasteiger partial charge in [-0.25, -0.2) is 9.79 Å². The van der Waals surface area contributed by atoms with Crippen molar-refractivity contribution < 1.29 is 14.9 Å². The van der Waals surface area contributed by atoms with E-state index < -0.39 is 5.97 Å². The van der Waals surface area contributed by atoms with Gasteiger partial charge >= 0.3 is 5.97 Å². The third-order valence-electron chi connectivity index (χ3n) is 6.07. The Balaban J connectivity index is 1.56. The number of fused-ring (bicyclic) bond motifs is 2. The number of aromatic carboxylic acids is 1. The van der Waals surface area contributed by atoms with E-state index in [0.29, 0.717) is 18.0 Å². The zero-order valence-corrected chi connectivity index (χ0v) is 14.2. The number of anilines is 1. The van der Waals surface area contributed by atoms with Gasteiger partial charge in [0.05, 0.1) is 5.69 Å². The lowest BCUT2D eigenvalue weighted by molar-refractivity contribution is -0.447. The molecule has 3 rings (SSSR count). The number of nitrogens with one attached hydrogen (secondary N) is 3. The summed E-state index contributed by atoms with van der Waals surface area (Å²) >= 11 is 0. The largest absolute Gasteiger partial charge is 0.477 e. The summed E-state index contributed by atoms with van der Waals surface area (Å²) in [5.41, 5.74) is 1.44. The highest BCUT2D eigenvalue weighted by molar-refractivity contribution is 5.86. The predicted octanol–water partition coefficient (Wildman–Crippen LogP) is 1.94. The van der Waals surface area contributed by atoms with E-state index in [1.54, 1.807) is 12.3 Å². The molecule has 126 valence electrons. The van der Waals surface area contributed by atoms with Crippen LogP contribution in [0.5, 0.6) is 0 Å². The summed E-state index contributed by atoms with van der Waals surface area (Å²) in [5, 5.41) is 12.1. The Labute approximate surface area is 137 Å². The maximum Gasteiger partial charge on any atom is 0.352 e. The topological polar surface area (TPSA) is 79.1 Å². The lowest BCUT2D eigenvalue weighted by atomic mass is 9.71.